The van der Waals surface area contributed by atoms with Crippen molar-refractivity contribution in [3.63, 3.8) is 0 Å². The first-order chi connectivity index (χ1) is 11.4. The molecule has 2 amide bonds. The summed E-state index contributed by atoms with van der Waals surface area (Å²) in [4.78, 5) is 26.3. The molecule has 2 fully saturated rings. The minimum Gasteiger partial charge on any atom is -0.339 e. The lowest BCUT2D eigenvalue weighted by Crippen LogP contribution is -2.40. The van der Waals surface area contributed by atoms with E-state index < -0.39 is 21.8 Å². The number of aromatic nitrogens is 2. The van der Waals surface area contributed by atoms with Gasteiger partial charge < -0.3 is 4.90 Å². The minimum absolute atomic E-state index is 0.0556. The number of nitrogens with one attached hydrogen (secondary N) is 1. The van der Waals surface area contributed by atoms with Crippen LogP contribution < -0.4 is 4.72 Å². The molecule has 24 heavy (non-hydrogen) atoms. The summed E-state index contributed by atoms with van der Waals surface area (Å²) in [5.74, 6) is -1.30. The van der Waals surface area contributed by atoms with Crippen LogP contribution in [-0.4, -0.2) is 47.5 Å². The molecule has 2 aliphatic rings. The Bertz CT molecular complexity index is 736. The van der Waals surface area contributed by atoms with Crippen molar-refractivity contribution in [1.29, 1.82) is 0 Å². The van der Waals surface area contributed by atoms with E-state index in [4.69, 9.17) is 0 Å². The molecule has 0 spiro atoms. The van der Waals surface area contributed by atoms with Gasteiger partial charge in [0.1, 0.15) is 0 Å². The smallest absolute Gasteiger partial charge is 0.281 e. The number of amides is 2. The fourth-order valence-corrected chi connectivity index (χ4v) is 4.72. The number of aryl methyl sites for hydroxylation is 1. The van der Waals surface area contributed by atoms with E-state index in [-0.39, 0.29) is 23.4 Å². The molecule has 1 unspecified atom stereocenters. The Kier molecular flexibility index (Phi) is 4.62. The Balaban J connectivity index is 1.66. The molecule has 1 aliphatic heterocycles. The van der Waals surface area contributed by atoms with Crippen LogP contribution in [0.15, 0.2) is 17.3 Å². The molecule has 0 aromatic carbocycles. The third-order valence-corrected chi connectivity index (χ3v) is 6.25. The molecule has 3 rings (SSSR count). The molecule has 1 saturated heterocycles. The Morgan fingerprint density at radius 3 is 2.62 bits per heavy atom. The maximum absolute atomic E-state index is 12.3. The third kappa shape index (κ3) is 3.31. The first-order valence-electron chi connectivity index (χ1n) is 8.22. The normalized spacial score (nSPS) is 22.8. The van der Waals surface area contributed by atoms with Gasteiger partial charge >= 0.3 is 0 Å². The van der Waals surface area contributed by atoms with Gasteiger partial charge in [0.2, 0.25) is 11.8 Å². The number of nitrogens with zero attached hydrogens (tertiary/aromatic N) is 3. The topological polar surface area (TPSA) is 101 Å². The van der Waals surface area contributed by atoms with Gasteiger partial charge in [-0.05, 0) is 18.9 Å². The van der Waals surface area contributed by atoms with Crippen LogP contribution in [0, 0.1) is 5.92 Å². The summed E-state index contributed by atoms with van der Waals surface area (Å²) >= 11 is 0. The number of likely N-dealkylation sites (tertiary alicyclic amines) is 1. The molecule has 0 radical (unpaired) electrons. The van der Waals surface area contributed by atoms with E-state index in [1.807, 2.05) is 0 Å². The average Bonchev–Trinajstić information content (AvgIpc) is 3.14. The standard InChI is InChI=1S/C15H22N4O4S/c1-18-14(7-8-16-18)24(22,23)17-15(21)11-9-13(20)19(10-11)12-5-3-2-4-6-12/h7-8,11-12H,2-6,9-10H2,1H3,(H,17,21). The summed E-state index contributed by atoms with van der Waals surface area (Å²) in [6.45, 7) is 0.302. The van der Waals surface area contributed by atoms with Crippen molar-refractivity contribution in [2.75, 3.05) is 6.54 Å². The Morgan fingerprint density at radius 2 is 2.00 bits per heavy atom. The summed E-state index contributed by atoms with van der Waals surface area (Å²) in [6.07, 6.45) is 6.73. The van der Waals surface area contributed by atoms with Crippen LogP contribution >= 0.6 is 0 Å². The molecular formula is C15H22N4O4S. The van der Waals surface area contributed by atoms with Crippen LogP contribution in [-0.2, 0) is 26.7 Å². The van der Waals surface area contributed by atoms with Crippen molar-refractivity contribution in [3.8, 4) is 0 Å². The Hall–Kier alpha value is -1.90. The van der Waals surface area contributed by atoms with Crippen LogP contribution in [0.3, 0.4) is 0 Å². The molecular weight excluding hydrogens is 332 g/mol. The SMILES string of the molecule is Cn1nccc1S(=O)(=O)NC(=O)C1CC(=O)N(C2CCCCC2)C1. The Labute approximate surface area is 141 Å². The Morgan fingerprint density at radius 1 is 1.29 bits per heavy atom. The predicted octanol–water partition coefficient (Wildman–Crippen LogP) is 0.406. The lowest BCUT2D eigenvalue weighted by atomic mass is 9.94. The summed E-state index contributed by atoms with van der Waals surface area (Å²) in [5.41, 5.74) is 0. The molecule has 1 saturated carbocycles. The monoisotopic (exact) mass is 354 g/mol. The van der Waals surface area contributed by atoms with Gasteiger partial charge in [-0.15, -0.1) is 0 Å². The molecule has 1 aromatic rings. The first-order valence-corrected chi connectivity index (χ1v) is 9.71. The van der Waals surface area contributed by atoms with Crippen molar-refractivity contribution >= 4 is 21.8 Å². The van der Waals surface area contributed by atoms with Gasteiger partial charge in [0.25, 0.3) is 10.0 Å². The van der Waals surface area contributed by atoms with Gasteiger partial charge in [-0.25, -0.2) is 4.72 Å². The maximum Gasteiger partial charge on any atom is 0.281 e. The molecule has 1 atom stereocenters. The molecule has 0 bridgehead atoms. The summed E-state index contributed by atoms with van der Waals surface area (Å²) in [6, 6.07) is 1.52. The fraction of sp³-hybridized carbons (Fsp3) is 0.667. The number of sulfonamides is 1. The van der Waals surface area contributed by atoms with Crippen LogP contribution in [0.25, 0.3) is 0 Å². The quantitative estimate of drug-likeness (QED) is 0.844. The van der Waals surface area contributed by atoms with Crippen molar-refractivity contribution in [2.24, 2.45) is 13.0 Å². The molecule has 9 heteroatoms. The zero-order valence-electron chi connectivity index (χ0n) is 13.6. The minimum atomic E-state index is -3.97. The fourth-order valence-electron chi connectivity index (χ4n) is 3.55. The van der Waals surface area contributed by atoms with E-state index in [1.54, 1.807) is 4.90 Å². The lowest BCUT2D eigenvalue weighted by molar-refractivity contribution is -0.130. The van der Waals surface area contributed by atoms with Gasteiger partial charge in [-0.1, -0.05) is 19.3 Å². The van der Waals surface area contributed by atoms with Crippen LogP contribution in [0.4, 0.5) is 0 Å². The van der Waals surface area contributed by atoms with E-state index in [9.17, 15) is 18.0 Å². The zero-order valence-corrected chi connectivity index (χ0v) is 14.5. The summed E-state index contributed by atoms with van der Waals surface area (Å²) < 4.78 is 27.8. The number of rotatable bonds is 4. The number of carbonyl (C=O) groups excluding carboxylic acids is 2. The lowest BCUT2D eigenvalue weighted by Gasteiger charge is -2.31. The molecule has 1 N–H and O–H groups in total. The highest BCUT2D eigenvalue weighted by Crippen LogP contribution is 2.28. The van der Waals surface area contributed by atoms with Gasteiger partial charge in [0, 0.05) is 26.1 Å². The van der Waals surface area contributed by atoms with E-state index in [1.165, 1.54) is 30.4 Å². The van der Waals surface area contributed by atoms with Gasteiger partial charge in [-0.2, -0.15) is 13.5 Å². The number of hydrogen-bond donors (Lipinski definition) is 1. The zero-order chi connectivity index (χ0) is 17.3. The molecule has 8 nitrogen and oxygen atoms in total. The highest BCUT2D eigenvalue weighted by atomic mass is 32.2. The first kappa shape index (κ1) is 16.9. The second kappa shape index (κ2) is 6.54. The van der Waals surface area contributed by atoms with E-state index in [0.717, 1.165) is 25.7 Å². The van der Waals surface area contributed by atoms with Crippen molar-refractivity contribution in [3.05, 3.63) is 12.3 Å². The van der Waals surface area contributed by atoms with Crippen molar-refractivity contribution < 1.29 is 18.0 Å². The number of hydrogen-bond acceptors (Lipinski definition) is 5. The van der Waals surface area contributed by atoms with Crippen LogP contribution in [0.2, 0.25) is 0 Å². The van der Waals surface area contributed by atoms with E-state index in [2.05, 4.69) is 9.82 Å². The second-order valence-electron chi connectivity index (χ2n) is 6.50. The second-order valence-corrected chi connectivity index (χ2v) is 8.13. The van der Waals surface area contributed by atoms with Crippen molar-refractivity contribution in [2.45, 2.75) is 49.6 Å². The van der Waals surface area contributed by atoms with Crippen LogP contribution in [0.1, 0.15) is 38.5 Å². The maximum atomic E-state index is 12.3. The van der Waals surface area contributed by atoms with Gasteiger partial charge in [0.05, 0.1) is 12.1 Å². The summed E-state index contributed by atoms with van der Waals surface area (Å²) in [7, 11) is -2.48. The van der Waals surface area contributed by atoms with E-state index >= 15 is 0 Å². The van der Waals surface area contributed by atoms with Crippen molar-refractivity contribution in [1.82, 2.24) is 19.4 Å². The number of carbonyl (C=O) groups is 2. The summed E-state index contributed by atoms with van der Waals surface area (Å²) in [5, 5.41) is 3.72. The van der Waals surface area contributed by atoms with E-state index in [0.29, 0.717) is 6.54 Å². The van der Waals surface area contributed by atoms with Crippen LogP contribution in [0.5, 0.6) is 0 Å². The predicted molar refractivity (Wildman–Crippen MR) is 85.2 cm³/mol. The molecule has 2 heterocycles. The highest BCUT2D eigenvalue weighted by molar-refractivity contribution is 7.90. The molecule has 132 valence electrons. The highest BCUT2D eigenvalue weighted by Gasteiger charge is 2.39. The third-order valence-electron chi connectivity index (χ3n) is 4.83. The molecule has 1 aliphatic carbocycles. The van der Waals surface area contributed by atoms with Gasteiger partial charge in [0.15, 0.2) is 5.03 Å². The largest absolute Gasteiger partial charge is 0.339 e. The van der Waals surface area contributed by atoms with Gasteiger partial charge in [-0.3, -0.25) is 14.3 Å². The average molecular weight is 354 g/mol. The molecule has 1 aromatic heterocycles.